The lowest BCUT2D eigenvalue weighted by atomic mass is 9.99. The maximum absolute atomic E-state index is 12.8. The summed E-state index contributed by atoms with van der Waals surface area (Å²) in [6.07, 6.45) is 9.57. The molecule has 1 atom stereocenters. The molecule has 32 heavy (non-hydrogen) atoms. The molecule has 168 valence electrons. The van der Waals surface area contributed by atoms with Crippen LogP contribution in [0.5, 0.6) is 11.5 Å². The van der Waals surface area contributed by atoms with Gasteiger partial charge in [-0.05, 0) is 37.0 Å². The van der Waals surface area contributed by atoms with Crippen LogP contribution < -0.4 is 0 Å². The highest BCUT2D eigenvalue weighted by atomic mass is 35.5. The molecule has 0 aliphatic carbocycles. The van der Waals surface area contributed by atoms with E-state index in [0.29, 0.717) is 12.1 Å². The van der Waals surface area contributed by atoms with Crippen LogP contribution in [0.2, 0.25) is 5.02 Å². The maximum Gasteiger partial charge on any atom is 0.342 e. The predicted molar refractivity (Wildman–Crippen MR) is 124 cm³/mol. The summed E-state index contributed by atoms with van der Waals surface area (Å²) in [7, 11) is 0. The Labute approximate surface area is 192 Å². The van der Waals surface area contributed by atoms with Gasteiger partial charge in [0.15, 0.2) is 0 Å². The van der Waals surface area contributed by atoms with Gasteiger partial charge in [-0.15, -0.1) is 0 Å². The van der Waals surface area contributed by atoms with Crippen molar-refractivity contribution in [2.45, 2.75) is 45.3 Å². The van der Waals surface area contributed by atoms with Crippen molar-refractivity contribution in [3.63, 3.8) is 0 Å². The average molecular weight is 456 g/mol. The van der Waals surface area contributed by atoms with E-state index >= 15 is 0 Å². The Morgan fingerprint density at radius 3 is 2.66 bits per heavy atom. The quantitative estimate of drug-likeness (QED) is 0.351. The number of hydrogen-bond donors (Lipinski definition) is 2. The van der Waals surface area contributed by atoms with E-state index in [1.54, 1.807) is 13.0 Å². The Morgan fingerprint density at radius 2 is 1.88 bits per heavy atom. The minimum absolute atomic E-state index is 0.0430. The second-order valence-electron chi connectivity index (χ2n) is 7.50. The molecule has 1 aliphatic heterocycles. The van der Waals surface area contributed by atoms with Crippen LogP contribution in [-0.4, -0.2) is 28.0 Å². The van der Waals surface area contributed by atoms with Gasteiger partial charge in [-0.1, -0.05) is 65.3 Å². The number of phenols is 2. The summed E-state index contributed by atoms with van der Waals surface area (Å²) in [6, 6.07) is 10.6. The lowest BCUT2D eigenvalue weighted by Gasteiger charge is -2.17. The molecule has 3 rings (SSSR count). The second kappa shape index (κ2) is 11.4. The molecule has 0 saturated heterocycles. The third-order valence-corrected chi connectivity index (χ3v) is 5.31. The Hall–Kier alpha value is -3.25. The molecule has 0 fully saturated rings. The number of rotatable bonds is 3. The summed E-state index contributed by atoms with van der Waals surface area (Å²) in [5.74, 6) is -1.46. The Kier molecular flexibility index (Phi) is 8.34. The van der Waals surface area contributed by atoms with E-state index in [-0.39, 0.29) is 41.0 Å². The molecule has 0 spiro atoms. The summed E-state index contributed by atoms with van der Waals surface area (Å²) in [5.41, 5.74) is 1.57. The van der Waals surface area contributed by atoms with Crippen LogP contribution in [0.15, 0.2) is 65.9 Å². The van der Waals surface area contributed by atoms with Gasteiger partial charge < -0.3 is 19.8 Å². The molecule has 0 amide bonds. The number of carbonyl (C=O) groups excluding carboxylic acids is 1. The van der Waals surface area contributed by atoms with Gasteiger partial charge in [0.25, 0.3) is 0 Å². The van der Waals surface area contributed by atoms with Crippen LogP contribution in [0.3, 0.4) is 0 Å². The predicted octanol–water partition coefficient (Wildman–Crippen LogP) is 5.71. The van der Waals surface area contributed by atoms with E-state index in [0.717, 1.165) is 24.5 Å². The van der Waals surface area contributed by atoms with Gasteiger partial charge in [0.2, 0.25) is 0 Å². The Balaban J connectivity index is 1.97. The van der Waals surface area contributed by atoms with Gasteiger partial charge in [0, 0.05) is 18.9 Å². The van der Waals surface area contributed by atoms with E-state index < -0.39 is 11.7 Å². The van der Waals surface area contributed by atoms with Crippen molar-refractivity contribution in [1.82, 2.24) is 0 Å². The third kappa shape index (κ3) is 6.37. The molecule has 6 nitrogen and oxygen atoms in total. The van der Waals surface area contributed by atoms with E-state index in [1.807, 2.05) is 48.6 Å². The van der Waals surface area contributed by atoms with Crippen LogP contribution >= 0.6 is 11.6 Å². The largest absolute Gasteiger partial charge is 0.507 e. The molecular formula is C25H26ClNO5. The highest BCUT2D eigenvalue weighted by molar-refractivity contribution is 6.33. The number of esters is 1. The van der Waals surface area contributed by atoms with Crippen LogP contribution in [0.25, 0.3) is 0 Å². The van der Waals surface area contributed by atoms with Crippen molar-refractivity contribution >= 4 is 23.3 Å². The first-order valence-corrected chi connectivity index (χ1v) is 10.8. The topological polar surface area (TPSA) is 88.4 Å². The summed E-state index contributed by atoms with van der Waals surface area (Å²) in [4.78, 5) is 18.4. The van der Waals surface area contributed by atoms with Crippen molar-refractivity contribution in [3.05, 3.63) is 82.4 Å². The number of halogens is 1. The summed E-state index contributed by atoms with van der Waals surface area (Å²) in [5, 5.41) is 24.7. The van der Waals surface area contributed by atoms with E-state index in [4.69, 9.17) is 21.2 Å². The number of fused-ring (bicyclic) bond motifs is 1. The highest BCUT2D eigenvalue weighted by Crippen LogP contribution is 2.37. The molecule has 7 heteroatoms. The number of allylic oxidation sites excluding steroid dienone is 3. The number of carbonyl (C=O) groups is 1. The van der Waals surface area contributed by atoms with Gasteiger partial charge in [0.1, 0.15) is 29.8 Å². The lowest BCUT2D eigenvalue weighted by Crippen LogP contribution is -2.17. The normalized spacial score (nSPS) is 20.6. The van der Waals surface area contributed by atoms with Crippen molar-refractivity contribution in [1.29, 1.82) is 0 Å². The van der Waals surface area contributed by atoms with E-state index in [9.17, 15) is 15.0 Å². The number of oxime groups is 1. The zero-order valence-corrected chi connectivity index (χ0v) is 18.6. The highest BCUT2D eigenvalue weighted by Gasteiger charge is 2.25. The van der Waals surface area contributed by atoms with E-state index in [1.165, 1.54) is 0 Å². The van der Waals surface area contributed by atoms with Gasteiger partial charge in [-0.25, -0.2) is 4.79 Å². The number of cyclic esters (lactones) is 1. The van der Waals surface area contributed by atoms with Gasteiger partial charge in [-0.2, -0.15) is 0 Å². The average Bonchev–Trinajstić information content (AvgIpc) is 2.76. The molecule has 2 N–H and O–H groups in total. The van der Waals surface area contributed by atoms with Crippen molar-refractivity contribution in [2.75, 3.05) is 0 Å². The number of hydrogen-bond acceptors (Lipinski definition) is 6. The molecule has 1 aliphatic rings. The molecular weight excluding hydrogens is 430 g/mol. The molecule has 0 radical (unpaired) electrons. The first-order valence-electron chi connectivity index (χ1n) is 10.4. The summed E-state index contributed by atoms with van der Waals surface area (Å²) >= 11 is 6.33. The fraction of sp³-hybridized carbons (Fsp3) is 0.280. The summed E-state index contributed by atoms with van der Waals surface area (Å²) in [6.45, 7) is 2.05. The monoisotopic (exact) mass is 455 g/mol. The van der Waals surface area contributed by atoms with Gasteiger partial charge in [-0.3, -0.25) is 0 Å². The smallest absolute Gasteiger partial charge is 0.342 e. The number of phenolic OH excluding ortho intramolecular Hbond substituents is 2. The Morgan fingerprint density at radius 1 is 1.12 bits per heavy atom. The minimum atomic E-state index is -0.717. The van der Waals surface area contributed by atoms with Crippen LogP contribution in [0.4, 0.5) is 0 Å². The standard InChI is InChI=1S/C25H26ClNO5/c1-17-10-6-3-2-4-9-13-19(27-31-16-18-11-7-5-8-12-18)14-20-23(25(30)32-17)21(28)15-22(29)24(20)26/h3,5-9,11-13,15,17,28-29H,2,4,10,14,16H2,1H3/b6-3+,13-9+,27-19?/t17-/m1/s1. The number of ether oxygens (including phenoxy) is 1. The van der Waals surface area contributed by atoms with Crippen molar-refractivity contribution < 1.29 is 24.6 Å². The van der Waals surface area contributed by atoms with Crippen LogP contribution in [-0.2, 0) is 22.6 Å². The first kappa shape index (κ1) is 23.4. The van der Waals surface area contributed by atoms with Gasteiger partial charge >= 0.3 is 5.97 Å². The van der Waals surface area contributed by atoms with Crippen molar-refractivity contribution in [3.8, 4) is 11.5 Å². The Bertz CT molecular complexity index is 1030. The van der Waals surface area contributed by atoms with Crippen LogP contribution in [0.1, 0.15) is 47.7 Å². The zero-order chi connectivity index (χ0) is 22.9. The minimum Gasteiger partial charge on any atom is -0.507 e. The second-order valence-corrected chi connectivity index (χ2v) is 7.88. The van der Waals surface area contributed by atoms with Crippen LogP contribution in [0, 0.1) is 0 Å². The fourth-order valence-electron chi connectivity index (χ4n) is 3.25. The molecule has 1 heterocycles. The first-order chi connectivity index (χ1) is 15.5. The van der Waals surface area contributed by atoms with Crippen molar-refractivity contribution in [2.24, 2.45) is 5.16 Å². The van der Waals surface area contributed by atoms with E-state index in [2.05, 4.69) is 5.16 Å². The van der Waals surface area contributed by atoms with Gasteiger partial charge in [0.05, 0.1) is 10.7 Å². The maximum atomic E-state index is 12.8. The SMILES string of the molecule is C[C@@H]1C/C=C/CC/C=C/C(=NOCc2ccccc2)Cc2c(Cl)c(O)cc(O)c2C(=O)O1. The third-order valence-electron chi connectivity index (χ3n) is 4.89. The summed E-state index contributed by atoms with van der Waals surface area (Å²) < 4.78 is 5.49. The number of benzene rings is 2. The molecule has 0 bridgehead atoms. The lowest BCUT2D eigenvalue weighted by molar-refractivity contribution is 0.0343. The zero-order valence-electron chi connectivity index (χ0n) is 17.8. The molecule has 0 aromatic heterocycles. The molecule has 0 saturated carbocycles. The number of nitrogens with zero attached hydrogens (tertiary/aromatic N) is 1. The number of aromatic hydroxyl groups is 2. The molecule has 2 aromatic rings. The molecule has 2 aromatic carbocycles. The molecule has 0 unspecified atom stereocenters. The fourth-order valence-corrected chi connectivity index (χ4v) is 3.47.